The van der Waals surface area contributed by atoms with Gasteiger partial charge in [0.25, 0.3) is 0 Å². The summed E-state index contributed by atoms with van der Waals surface area (Å²) in [6.07, 6.45) is 1.61. The predicted molar refractivity (Wildman–Crippen MR) is 62.8 cm³/mol. The maximum absolute atomic E-state index is 8.89. The first-order valence-electron chi connectivity index (χ1n) is 5.13. The molecule has 16 heavy (non-hydrogen) atoms. The lowest BCUT2D eigenvalue weighted by Crippen LogP contribution is -1.97. The van der Waals surface area contributed by atoms with Crippen LogP contribution in [-0.4, -0.2) is 9.55 Å². The number of hydrogen-bond donors (Lipinski definition) is 0. The van der Waals surface area contributed by atoms with E-state index >= 15 is 0 Å². The summed E-state index contributed by atoms with van der Waals surface area (Å²) in [5, 5.41) is 8.89. The Morgan fingerprint density at radius 3 is 2.69 bits per heavy atom. The van der Waals surface area contributed by atoms with Gasteiger partial charge in [0.1, 0.15) is 17.6 Å². The normalized spacial score (nSPS) is 10.1. The molecule has 0 fully saturated rings. The lowest BCUT2D eigenvalue weighted by Gasteiger charge is -2.07. The molecule has 0 saturated heterocycles. The second-order valence-corrected chi connectivity index (χ2v) is 3.96. The van der Waals surface area contributed by atoms with E-state index in [1.165, 1.54) is 11.1 Å². The molecule has 0 amide bonds. The van der Waals surface area contributed by atoms with Gasteiger partial charge in [-0.25, -0.2) is 4.98 Å². The number of rotatable bonds is 1. The van der Waals surface area contributed by atoms with Gasteiger partial charge in [-0.05, 0) is 25.5 Å². The number of nitriles is 1. The van der Waals surface area contributed by atoms with Gasteiger partial charge in [-0.2, -0.15) is 5.26 Å². The molecule has 2 aromatic rings. The van der Waals surface area contributed by atoms with Crippen molar-refractivity contribution < 1.29 is 0 Å². The van der Waals surface area contributed by atoms with E-state index in [1.54, 1.807) is 6.20 Å². The third-order valence-electron chi connectivity index (χ3n) is 2.74. The first-order chi connectivity index (χ1) is 7.63. The minimum absolute atomic E-state index is 0.580. The minimum Gasteiger partial charge on any atom is -0.319 e. The molecule has 3 nitrogen and oxygen atoms in total. The van der Waals surface area contributed by atoms with Crippen LogP contribution in [0.15, 0.2) is 24.4 Å². The van der Waals surface area contributed by atoms with E-state index in [0.717, 1.165) is 11.4 Å². The van der Waals surface area contributed by atoms with Crippen LogP contribution in [0.2, 0.25) is 0 Å². The fourth-order valence-electron chi connectivity index (χ4n) is 1.74. The average molecular weight is 211 g/mol. The Morgan fingerprint density at radius 2 is 2.06 bits per heavy atom. The third-order valence-corrected chi connectivity index (χ3v) is 2.74. The monoisotopic (exact) mass is 211 g/mol. The summed E-state index contributed by atoms with van der Waals surface area (Å²) < 4.78 is 1.82. The van der Waals surface area contributed by atoms with Gasteiger partial charge in [0, 0.05) is 12.6 Å². The van der Waals surface area contributed by atoms with Crippen LogP contribution < -0.4 is 0 Å². The molecule has 3 heteroatoms. The Kier molecular flexibility index (Phi) is 2.49. The molecule has 0 aliphatic rings. The molecule has 1 aromatic carbocycles. The van der Waals surface area contributed by atoms with Gasteiger partial charge < -0.3 is 4.57 Å². The summed E-state index contributed by atoms with van der Waals surface area (Å²) >= 11 is 0. The van der Waals surface area contributed by atoms with Gasteiger partial charge in [-0.3, -0.25) is 0 Å². The fourth-order valence-corrected chi connectivity index (χ4v) is 1.74. The van der Waals surface area contributed by atoms with Crippen molar-refractivity contribution in [3.63, 3.8) is 0 Å². The Morgan fingerprint density at radius 1 is 1.31 bits per heavy atom. The van der Waals surface area contributed by atoms with E-state index in [2.05, 4.69) is 43.1 Å². The fraction of sp³-hybridized carbons (Fsp3) is 0.231. The summed E-state index contributed by atoms with van der Waals surface area (Å²) in [5.74, 6) is 0.845. The second kappa shape index (κ2) is 3.82. The maximum Gasteiger partial charge on any atom is 0.140 e. The van der Waals surface area contributed by atoms with Crippen LogP contribution in [0, 0.1) is 25.2 Å². The van der Waals surface area contributed by atoms with Crippen LogP contribution in [0.1, 0.15) is 16.8 Å². The summed E-state index contributed by atoms with van der Waals surface area (Å²) in [5.41, 5.74) is 4.03. The van der Waals surface area contributed by atoms with Crippen molar-refractivity contribution in [2.75, 3.05) is 0 Å². The standard InChI is InChI=1S/C13H13N3/c1-9-4-5-10(2)12(6-9)13-15-8-11(7-14)16(13)3/h4-6,8H,1-3H3. The molecule has 80 valence electrons. The Bertz CT molecular complexity index is 573. The Labute approximate surface area is 95.0 Å². The molecule has 0 aliphatic carbocycles. The van der Waals surface area contributed by atoms with Gasteiger partial charge in [0.2, 0.25) is 0 Å². The number of nitrogens with zero attached hydrogens (tertiary/aromatic N) is 3. The molecule has 0 radical (unpaired) electrons. The SMILES string of the molecule is Cc1ccc(C)c(-c2ncc(C#N)n2C)c1. The van der Waals surface area contributed by atoms with Gasteiger partial charge >= 0.3 is 0 Å². The number of benzene rings is 1. The maximum atomic E-state index is 8.89. The molecule has 0 unspecified atom stereocenters. The van der Waals surface area contributed by atoms with Crippen LogP contribution in [0.25, 0.3) is 11.4 Å². The highest BCUT2D eigenvalue weighted by molar-refractivity contribution is 5.62. The average Bonchev–Trinajstić information content (AvgIpc) is 2.63. The highest BCUT2D eigenvalue weighted by Crippen LogP contribution is 2.23. The largest absolute Gasteiger partial charge is 0.319 e. The van der Waals surface area contributed by atoms with Crippen LogP contribution in [0.5, 0.6) is 0 Å². The molecule has 0 aliphatic heterocycles. The molecule has 1 heterocycles. The van der Waals surface area contributed by atoms with E-state index in [-0.39, 0.29) is 0 Å². The van der Waals surface area contributed by atoms with Crippen LogP contribution in [0.4, 0.5) is 0 Å². The Balaban J connectivity index is 2.64. The van der Waals surface area contributed by atoms with E-state index in [0.29, 0.717) is 5.69 Å². The molecule has 0 bridgehead atoms. The molecular formula is C13H13N3. The number of imidazole rings is 1. The summed E-state index contributed by atoms with van der Waals surface area (Å²) in [6, 6.07) is 8.37. The van der Waals surface area contributed by atoms with Gasteiger partial charge in [0.15, 0.2) is 0 Å². The smallest absolute Gasteiger partial charge is 0.140 e. The van der Waals surface area contributed by atoms with Crippen molar-refractivity contribution in [3.8, 4) is 17.5 Å². The molecule has 2 rings (SSSR count). The highest BCUT2D eigenvalue weighted by atomic mass is 15.1. The molecule has 0 N–H and O–H groups in total. The van der Waals surface area contributed by atoms with E-state index in [1.807, 2.05) is 11.6 Å². The summed E-state index contributed by atoms with van der Waals surface area (Å²) in [7, 11) is 1.86. The third kappa shape index (κ3) is 1.59. The summed E-state index contributed by atoms with van der Waals surface area (Å²) in [6.45, 7) is 4.10. The van der Waals surface area contributed by atoms with Gasteiger partial charge in [-0.1, -0.05) is 17.7 Å². The second-order valence-electron chi connectivity index (χ2n) is 3.96. The minimum atomic E-state index is 0.580. The van der Waals surface area contributed by atoms with Crippen molar-refractivity contribution in [2.24, 2.45) is 7.05 Å². The van der Waals surface area contributed by atoms with Crippen molar-refractivity contribution in [1.82, 2.24) is 9.55 Å². The predicted octanol–water partition coefficient (Wildman–Crippen LogP) is 2.58. The van der Waals surface area contributed by atoms with Gasteiger partial charge in [-0.15, -0.1) is 0 Å². The first kappa shape index (κ1) is 10.4. The van der Waals surface area contributed by atoms with Gasteiger partial charge in [0.05, 0.1) is 6.20 Å². The zero-order valence-electron chi connectivity index (χ0n) is 9.65. The number of aromatic nitrogens is 2. The van der Waals surface area contributed by atoms with Crippen molar-refractivity contribution in [3.05, 3.63) is 41.2 Å². The van der Waals surface area contributed by atoms with E-state index < -0.39 is 0 Å². The lowest BCUT2D eigenvalue weighted by atomic mass is 10.1. The highest BCUT2D eigenvalue weighted by Gasteiger charge is 2.10. The molecule has 1 aromatic heterocycles. The summed E-state index contributed by atoms with van der Waals surface area (Å²) in [4.78, 5) is 4.30. The van der Waals surface area contributed by atoms with Crippen molar-refractivity contribution in [1.29, 1.82) is 5.26 Å². The van der Waals surface area contributed by atoms with E-state index in [4.69, 9.17) is 5.26 Å². The molecule has 0 spiro atoms. The molecular weight excluding hydrogens is 198 g/mol. The molecule has 0 saturated carbocycles. The quantitative estimate of drug-likeness (QED) is 0.727. The zero-order chi connectivity index (χ0) is 11.7. The molecule has 0 atom stereocenters. The lowest BCUT2D eigenvalue weighted by molar-refractivity contribution is 0.906. The van der Waals surface area contributed by atoms with Crippen LogP contribution >= 0.6 is 0 Å². The zero-order valence-corrected chi connectivity index (χ0v) is 9.65. The van der Waals surface area contributed by atoms with E-state index in [9.17, 15) is 0 Å². The number of hydrogen-bond acceptors (Lipinski definition) is 2. The topological polar surface area (TPSA) is 41.6 Å². The van der Waals surface area contributed by atoms with Crippen LogP contribution in [-0.2, 0) is 7.05 Å². The van der Waals surface area contributed by atoms with Crippen LogP contribution in [0.3, 0.4) is 0 Å². The Hall–Kier alpha value is -2.08. The number of aryl methyl sites for hydroxylation is 2. The van der Waals surface area contributed by atoms with Crippen molar-refractivity contribution in [2.45, 2.75) is 13.8 Å². The first-order valence-corrected chi connectivity index (χ1v) is 5.13. The van der Waals surface area contributed by atoms with Crippen molar-refractivity contribution >= 4 is 0 Å².